The number of nitrogens with one attached hydrogen (secondary N) is 4. The van der Waals surface area contributed by atoms with E-state index in [1.54, 1.807) is 20.3 Å². The lowest BCUT2D eigenvalue weighted by atomic mass is 10.1. The summed E-state index contributed by atoms with van der Waals surface area (Å²) in [6.45, 7) is 0.542. The summed E-state index contributed by atoms with van der Waals surface area (Å²) in [5, 5.41) is 4.27. The molecule has 0 amide bonds. The summed E-state index contributed by atoms with van der Waals surface area (Å²) in [6.07, 6.45) is 0.635. The first kappa shape index (κ1) is 21.7. The highest BCUT2D eigenvalue weighted by atomic mass is 16.5. The van der Waals surface area contributed by atoms with Gasteiger partial charge in [-0.15, -0.1) is 0 Å². The number of methoxy groups -OCH3 is 2. The zero-order chi connectivity index (χ0) is 24.6. The van der Waals surface area contributed by atoms with E-state index in [4.69, 9.17) is 14.5 Å². The second-order valence-corrected chi connectivity index (χ2v) is 8.44. The standard InChI is InChI=1S/C27H24N6O3/c1-35-21-13-15-20(14-22(21)36-2)33-27(34)24(26-31-18-9-5-6-10-19(18)32-26)25(15)28-12-11-23-29-16-7-3-4-8-17(16)30-23/h3-10,13-14H,11-12H2,1-2H3,(H,29,30)(H,31,32)(H2,28,33,34). The van der Waals surface area contributed by atoms with Crippen molar-refractivity contribution in [3.8, 4) is 22.9 Å². The molecular weight excluding hydrogens is 456 g/mol. The lowest BCUT2D eigenvalue weighted by Gasteiger charge is -2.15. The molecule has 0 atom stereocenters. The van der Waals surface area contributed by atoms with E-state index in [0.717, 1.165) is 33.3 Å². The Morgan fingerprint density at radius 1 is 0.806 bits per heavy atom. The molecular formula is C27H24N6O3. The van der Waals surface area contributed by atoms with Gasteiger partial charge in [0.1, 0.15) is 17.2 Å². The van der Waals surface area contributed by atoms with E-state index >= 15 is 0 Å². The van der Waals surface area contributed by atoms with Crippen LogP contribution in [0.2, 0.25) is 0 Å². The van der Waals surface area contributed by atoms with Gasteiger partial charge in [0.2, 0.25) is 0 Å². The molecule has 0 bridgehead atoms. The van der Waals surface area contributed by atoms with Gasteiger partial charge in [0.25, 0.3) is 5.56 Å². The third kappa shape index (κ3) is 3.70. The highest BCUT2D eigenvalue weighted by Crippen LogP contribution is 2.37. The first-order chi connectivity index (χ1) is 17.6. The summed E-state index contributed by atoms with van der Waals surface area (Å²) in [5.41, 5.74) is 5.01. The summed E-state index contributed by atoms with van der Waals surface area (Å²) in [5.74, 6) is 2.45. The van der Waals surface area contributed by atoms with E-state index < -0.39 is 0 Å². The van der Waals surface area contributed by atoms with Gasteiger partial charge in [0.05, 0.1) is 47.5 Å². The molecule has 6 rings (SSSR count). The molecule has 4 N–H and O–H groups in total. The van der Waals surface area contributed by atoms with E-state index in [-0.39, 0.29) is 5.56 Å². The molecule has 0 saturated carbocycles. The van der Waals surface area contributed by atoms with Crippen LogP contribution < -0.4 is 20.3 Å². The number of aromatic amines is 3. The molecule has 0 spiro atoms. The van der Waals surface area contributed by atoms with Crippen molar-refractivity contribution in [2.75, 3.05) is 26.1 Å². The molecule has 0 saturated heterocycles. The fourth-order valence-electron chi connectivity index (χ4n) is 4.53. The van der Waals surface area contributed by atoms with Crippen LogP contribution in [0.25, 0.3) is 44.4 Å². The van der Waals surface area contributed by atoms with Gasteiger partial charge < -0.3 is 29.7 Å². The molecule has 36 heavy (non-hydrogen) atoms. The fraction of sp³-hybridized carbons (Fsp3) is 0.148. The second-order valence-electron chi connectivity index (χ2n) is 8.44. The van der Waals surface area contributed by atoms with Crippen LogP contribution in [0.1, 0.15) is 5.82 Å². The van der Waals surface area contributed by atoms with Crippen LogP contribution in [-0.4, -0.2) is 45.7 Å². The number of hydrogen-bond donors (Lipinski definition) is 4. The fourth-order valence-corrected chi connectivity index (χ4v) is 4.53. The van der Waals surface area contributed by atoms with Crippen molar-refractivity contribution < 1.29 is 9.47 Å². The van der Waals surface area contributed by atoms with Crippen molar-refractivity contribution in [1.82, 2.24) is 24.9 Å². The van der Waals surface area contributed by atoms with Gasteiger partial charge in [0.15, 0.2) is 11.5 Å². The van der Waals surface area contributed by atoms with Crippen LogP contribution in [0.3, 0.4) is 0 Å². The van der Waals surface area contributed by atoms with Crippen molar-refractivity contribution in [3.05, 3.63) is 76.8 Å². The maximum Gasteiger partial charge on any atom is 0.261 e. The lowest BCUT2D eigenvalue weighted by molar-refractivity contribution is 0.356. The average Bonchev–Trinajstić information content (AvgIpc) is 3.51. The van der Waals surface area contributed by atoms with Gasteiger partial charge in [-0.2, -0.15) is 0 Å². The van der Waals surface area contributed by atoms with Crippen LogP contribution in [0.15, 0.2) is 65.5 Å². The molecule has 0 aliphatic rings. The molecule has 9 heteroatoms. The number of aromatic nitrogens is 5. The number of H-pyrrole nitrogens is 3. The minimum absolute atomic E-state index is 0.264. The van der Waals surface area contributed by atoms with Crippen LogP contribution in [0.5, 0.6) is 11.5 Å². The highest BCUT2D eigenvalue weighted by Gasteiger charge is 2.20. The van der Waals surface area contributed by atoms with E-state index in [2.05, 4.69) is 25.3 Å². The van der Waals surface area contributed by atoms with Gasteiger partial charge in [-0.05, 0) is 30.3 Å². The van der Waals surface area contributed by atoms with Crippen LogP contribution in [0, 0.1) is 0 Å². The van der Waals surface area contributed by atoms with Gasteiger partial charge in [0, 0.05) is 24.4 Å². The van der Waals surface area contributed by atoms with Crippen LogP contribution >= 0.6 is 0 Å². The van der Waals surface area contributed by atoms with E-state index in [0.29, 0.717) is 47.1 Å². The van der Waals surface area contributed by atoms with Crippen molar-refractivity contribution in [1.29, 1.82) is 0 Å². The number of rotatable bonds is 7. The molecule has 3 heterocycles. The molecule has 0 radical (unpaired) electrons. The summed E-state index contributed by atoms with van der Waals surface area (Å²) in [7, 11) is 3.15. The third-order valence-corrected chi connectivity index (χ3v) is 6.25. The zero-order valence-corrected chi connectivity index (χ0v) is 19.8. The molecule has 9 nitrogen and oxygen atoms in total. The Kier molecular flexibility index (Phi) is 5.29. The Morgan fingerprint density at radius 3 is 2.17 bits per heavy atom. The molecule has 3 aromatic carbocycles. The van der Waals surface area contributed by atoms with Gasteiger partial charge >= 0.3 is 0 Å². The number of nitrogens with zero attached hydrogens (tertiary/aromatic N) is 2. The van der Waals surface area contributed by atoms with Crippen LogP contribution in [-0.2, 0) is 6.42 Å². The molecule has 3 aromatic heterocycles. The Hall–Kier alpha value is -4.79. The molecule has 0 unspecified atom stereocenters. The molecule has 180 valence electrons. The van der Waals surface area contributed by atoms with Crippen molar-refractivity contribution >= 4 is 38.7 Å². The Morgan fingerprint density at radius 2 is 1.47 bits per heavy atom. The quantitative estimate of drug-likeness (QED) is 0.265. The predicted molar refractivity (Wildman–Crippen MR) is 141 cm³/mol. The third-order valence-electron chi connectivity index (χ3n) is 6.25. The first-order valence-electron chi connectivity index (χ1n) is 11.6. The minimum atomic E-state index is -0.264. The largest absolute Gasteiger partial charge is 0.493 e. The Balaban J connectivity index is 1.46. The molecule has 0 aliphatic heterocycles. The van der Waals surface area contributed by atoms with Crippen LogP contribution in [0.4, 0.5) is 5.69 Å². The summed E-state index contributed by atoms with van der Waals surface area (Å²) in [6, 6.07) is 19.2. The van der Waals surface area contributed by atoms with Gasteiger partial charge in [-0.25, -0.2) is 9.97 Å². The van der Waals surface area contributed by atoms with E-state index in [1.807, 2.05) is 54.6 Å². The Labute approximate surface area is 205 Å². The number of pyridine rings is 1. The SMILES string of the molecule is COc1cc2[nH]c(=O)c(-c3nc4ccccc4[nH]3)c(NCCc3nc4ccccc4[nH]3)c2cc1OC. The smallest absolute Gasteiger partial charge is 0.261 e. The lowest BCUT2D eigenvalue weighted by Crippen LogP contribution is -2.16. The summed E-state index contributed by atoms with van der Waals surface area (Å²) >= 11 is 0. The number of benzene rings is 3. The summed E-state index contributed by atoms with van der Waals surface area (Å²) in [4.78, 5) is 32.4. The summed E-state index contributed by atoms with van der Waals surface area (Å²) < 4.78 is 11.0. The number of ether oxygens (including phenoxy) is 2. The highest BCUT2D eigenvalue weighted by molar-refractivity contribution is 6.00. The van der Waals surface area contributed by atoms with E-state index in [9.17, 15) is 4.79 Å². The zero-order valence-electron chi connectivity index (χ0n) is 19.8. The number of fused-ring (bicyclic) bond motifs is 3. The molecule has 6 aromatic rings. The number of imidazole rings is 2. The maximum atomic E-state index is 13.4. The van der Waals surface area contributed by atoms with Gasteiger partial charge in [-0.1, -0.05) is 24.3 Å². The van der Waals surface area contributed by atoms with Gasteiger partial charge in [-0.3, -0.25) is 4.79 Å². The van der Waals surface area contributed by atoms with Crippen molar-refractivity contribution in [2.45, 2.75) is 6.42 Å². The van der Waals surface area contributed by atoms with Crippen molar-refractivity contribution in [2.24, 2.45) is 0 Å². The molecule has 0 fully saturated rings. The minimum Gasteiger partial charge on any atom is -0.493 e. The monoisotopic (exact) mass is 480 g/mol. The average molecular weight is 481 g/mol. The predicted octanol–water partition coefficient (Wildman–Crippen LogP) is 4.62. The number of hydrogen-bond acceptors (Lipinski definition) is 6. The topological polar surface area (TPSA) is 121 Å². The first-order valence-corrected chi connectivity index (χ1v) is 11.6. The second kappa shape index (κ2) is 8.77. The normalized spacial score (nSPS) is 11.4. The Bertz CT molecular complexity index is 1720. The van der Waals surface area contributed by atoms with Crippen molar-refractivity contribution in [3.63, 3.8) is 0 Å². The molecule has 0 aliphatic carbocycles. The van der Waals surface area contributed by atoms with E-state index in [1.165, 1.54) is 0 Å². The number of anilines is 1. The number of para-hydroxylation sites is 4. The maximum absolute atomic E-state index is 13.4.